The highest BCUT2D eigenvalue weighted by molar-refractivity contribution is 6.03. The van der Waals surface area contributed by atoms with Crippen molar-refractivity contribution >= 4 is 23.9 Å². The Balaban J connectivity index is 0.000000488. The molecule has 0 N–H and O–H groups in total. The van der Waals surface area contributed by atoms with Crippen LogP contribution in [0, 0.1) is 0 Å². The number of carbonyl (C=O) groups is 4. The summed E-state index contributed by atoms with van der Waals surface area (Å²) in [4.78, 5) is 43.6. The van der Waals surface area contributed by atoms with E-state index >= 15 is 0 Å². The van der Waals surface area contributed by atoms with Gasteiger partial charge in [-0.05, 0) is 25.0 Å². The molecular weight excluding hydrogens is 344 g/mol. The number of benzene rings is 1. The Morgan fingerprint density at radius 2 is 1.00 bits per heavy atom. The van der Waals surface area contributed by atoms with Crippen LogP contribution in [0.5, 0.6) is 0 Å². The second kappa shape index (κ2) is 13.4. The second-order valence-corrected chi connectivity index (χ2v) is 4.89. The first-order valence-corrected chi connectivity index (χ1v) is 7.80. The minimum atomic E-state index is -0.550. The van der Waals surface area contributed by atoms with Crippen LogP contribution in [0.25, 0.3) is 0 Å². The summed E-state index contributed by atoms with van der Waals surface area (Å²) in [5.41, 5.74) is 0.420. The summed E-state index contributed by atoms with van der Waals surface area (Å²) in [7, 11) is 5.22. The lowest BCUT2D eigenvalue weighted by atomic mass is 10.1. The molecule has 0 spiro atoms. The van der Waals surface area contributed by atoms with Gasteiger partial charge in [-0.1, -0.05) is 12.1 Å². The van der Waals surface area contributed by atoms with Crippen LogP contribution in [0.3, 0.4) is 0 Å². The molecule has 0 radical (unpaired) electrons. The third kappa shape index (κ3) is 8.81. The first-order valence-electron chi connectivity index (χ1n) is 7.80. The third-order valence-electron chi connectivity index (χ3n) is 3.20. The maximum absolute atomic E-state index is 11.2. The quantitative estimate of drug-likeness (QED) is 0.409. The van der Waals surface area contributed by atoms with Crippen LogP contribution >= 0.6 is 0 Å². The summed E-state index contributed by atoms with van der Waals surface area (Å²) >= 11 is 0. The van der Waals surface area contributed by atoms with Crippen molar-refractivity contribution in [2.75, 3.05) is 28.4 Å². The monoisotopic (exact) mass is 368 g/mol. The van der Waals surface area contributed by atoms with Gasteiger partial charge in [-0.25, -0.2) is 9.59 Å². The Hall–Kier alpha value is -2.90. The fourth-order valence-electron chi connectivity index (χ4n) is 1.80. The van der Waals surface area contributed by atoms with E-state index in [1.807, 2.05) is 0 Å². The SMILES string of the molecule is COC(=O)CCCCC(=O)OC.COC(=O)c1ccccc1C(=O)OC. The maximum Gasteiger partial charge on any atom is 0.338 e. The first-order chi connectivity index (χ1) is 12.4. The number of hydrogen-bond acceptors (Lipinski definition) is 8. The molecule has 8 nitrogen and oxygen atoms in total. The van der Waals surface area contributed by atoms with Crippen molar-refractivity contribution in [3.63, 3.8) is 0 Å². The number of esters is 4. The highest BCUT2D eigenvalue weighted by Crippen LogP contribution is 2.10. The molecule has 26 heavy (non-hydrogen) atoms. The zero-order chi connectivity index (χ0) is 19.9. The van der Waals surface area contributed by atoms with Crippen molar-refractivity contribution in [1.82, 2.24) is 0 Å². The van der Waals surface area contributed by atoms with Crippen LogP contribution in [0.15, 0.2) is 24.3 Å². The van der Waals surface area contributed by atoms with Crippen molar-refractivity contribution < 1.29 is 38.1 Å². The number of hydrogen-bond donors (Lipinski definition) is 0. The lowest BCUT2D eigenvalue weighted by Gasteiger charge is -2.04. The molecule has 0 aliphatic heterocycles. The van der Waals surface area contributed by atoms with Gasteiger partial charge < -0.3 is 18.9 Å². The van der Waals surface area contributed by atoms with E-state index in [0.717, 1.165) is 0 Å². The molecule has 8 heteroatoms. The molecule has 0 unspecified atom stereocenters. The Bertz CT molecular complexity index is 556. The molecule has 0 atom stereocenters. The van der Waals surface area contributed by atoms with Crippen LogP contribution in [0.1, 0.15) is 46.4 Å². The highest BCUT2D eigenvalue weighted by atomic mass is 16.5. The van der Waals surface area contributed by atoms with Gasteiger partial charge in [0.1, 0.15) is 0 Å². The summed E-state index contributed by atoms with van der Waals surface area (Å²) in [6.07, 6.45) is 2.07. The number of ether oxygens (including phenoxy) is 4. The lowest BCUT2D eigenvalue weighted by Crippen LogP contribution is -2.11. The molecule has 0 fully saturated rings. The number of methoxy groups -OCH3 is 4. The number of unbranched alkanes of at least 4 members (excludes halogenated alkanes) is 1. The molecular formula is C18H24O8. The molecule has 0 aromatic heterocycles. The van der Waals surface area contributed by atoms with E-state index in [1.54, 1.807) is 12.1 Å². The molecule has 0 amide bonds. The highest BCUT2D eigenvalue weighted by Gasteiger charge is 2.16. The Labute approximate surface area is 152 Å². The van der Waals surface area contributed by atoms with Crippen molar-refractivity contribution in [3.8, 4) is 0 Å². The van der Waals surface area contributed by atoms with Crippen LogP contribution in [0.2, 0.25) is 0 Å². The van der Waals surface area contributed by atoms with Crippen LogP contribution in [-0.2, 0) is 28.5 Å². The lowest BCUT2D eigenvalue weighted by molar-refractivity contribution is -0.142. The molecule has 0 bridgehead atoms. The maximum atomic E-state index is 11.2. The van der Waals surface area contributed by atoms with E-state index < -0.39 is 11.9 Å². The van der Waals surface area contributed by atoms with Gasteiger partial charge in [0.25, 0.3) is 0 Å². The van der Waals surface area contributed by atoms with Gasteiger partial charge >= 0.3 is 23.9 Å². The van der Waals surface area contributed by atoms with Crippen molar-refractivity contribution in [2.45, 2.75) is 25.7 Å². The van der Waals surface area contributed by atoms with Gasteiger partial charge in [0.2, 0.25) is 0 Å². The van der Waals surface area contributed by atoms with Gasteiger partial charge in [0.05, 0.1) is 39.6 Å². The molecule has 0 aliphatic rings. The fraction of sp³-hybridized carbons (Fsp3) is 0.444. The van der Waals surface area contributed by atoms with E-state index in [2.05, 4.69) is 18.9 Å². The topological polar surface area (TPSA) is 105 Å². The van der Waals surface area contributed by atoms with Gasteiger partial charge in [-0.2, -0.15) is 0 Å². The molecule has 1 aromatic carbocycles. The summed E-state index contributed by atoms with van der Waals surface area (Å²) in [5.74, 6) is -1.57. The largest absolute Gasteiger partial charge is 0.469 e. The van der Waals surface area contributed by atoms with E-state index in [1.165, 1.54) is 40.6 Å². The molecule has 144 valence electrons. The molecule has 0 aliphatic carbocycles. The standard InChI is InChI=1S/C10H10O4.C8H14O4/c1-13-9(11)7-5-3-4-6-8(7)10(12)14-2;1-11-7(9)5-3-4-6-8(10)12-2/h3-6H,1-2H3;3-6H2,1-2H3. The van der Waals surface area contributed by atoms with E-state index in [0.29, 0.717) is 25.7 Å². The predicted octanol–water partition coefficient (Wildman–Crippen LogP) is 2.15. The van der Waals surface area contributed by atoms with Gasteiger partial charge in [0.15, 0.2) is 0 Å². The van der Waals surface area contributed by atoms with E-state index in [4.69, 9.17) is 0 Å². The fourth-order valence-corrected chi connectivity index (χ4v) is 1.80. The Morgan fingerprint density at radius 3 is 1.27 bits per heavy atom. The summed E-state index contributed by atoms with van der Waals surface area (Å²) in [6.45, 7) is 0. The molecule has 0 heterocycles. The van der Waals surface area contributed by atoms with Crippen LogP contribution in [-0.4, -0.2) is 52.3 Å². The smallest absolute Gasteiger partial charge is 0.338 e. The van der Waals surface area contributed by atoms with Gasteiger partial charge in [-0.15, -0.1) is 0 Å². The third-order valence-corrected chi connectivity index (χ3v) is 3.20. The van der Waals surface area contributed by atoms with Gasteiger partial charge in [0, 0.05) is 12.8 Å². The Kier molecular flexibility index (Phi) is 11.9. The normalized spacial score (nSPS) is 9.23. The van der Waals surface area contributed by atoms with Crippen LogP contribution in [0.4, 0.5) is 0 Å². The molecule has 1 rings (SSSR count). The second-order valence-electron chi connectivity index (χ2n) is 4.89. The average Bonchev–Trinajstić information content (AvgIpc) is 2.69. The zero-order valence-electron chi connectivity index (χ0n) is 15.4. The molecule has 0 saturated heterocycles. The van der Waals surface area contributed by atoms with Crippen molar-refractivity contribution in [2.24, 2.45) is 0 Å². The molecule has 0 saturated carbocycles. The van der Waals surface area contributed by atoms with E-state index in [9.17, 15) is 19.2 Å². The molecule has 1 aromatic rings. The van der Waals surface area contributed by atoms with Crippen molar-refractivity contribution in [3.05, 3.63) is 35.4 Å². The summed E-state index contributed by atoms with van der Waals surface area (Å²) in [5, 5.41) is 0. The minimum Gasteiger partial charge on any atom is -0.469 e. The summed E-state index contributed by atoms with van der Waals surface area (Å²) in [6, 6.07) is 6.33. The predicted molar refractivity (Wildman–Crippen MR) is 91.6 cm³/mol. The Morgan fingerprint density at radius 1 is 0.654 bits per heavy atom. The van der Waals surface area contributed by atoms with Crippen molar-refractivity contribution in [1.29, 1.82) is 0 Å². The number of carbonyl (C=O) groups excluding carboxylic acids is 4. The van der Waals surface area contributed by atoms with E-state index in [-0.39, 0.29) is 23.1 Å². The average molecular weight is 368 g/mol. The number of rotatable bonds is 7. The van der Waals surface area contributed by atoms with Crippen LogP contribution < -0.4 is 0 Å². The zero-order valence-corrected chi connectivity index (χ0v) is 15.4. The minimum absolute atomic E-state index is 0.210. The summed E-state index contributed by atoms with van der Waals surface area (Å²) < 4.78 is 17.9. The van der Waals surface area contributed by atoms with Gasteiger partial charge in [-0.3, -0.25) is 9.59 Å². The first kappa shape index (κ1) is 23.1.